The summed E-state index contributed by atoms with van der Waals surface area (Å²) in [6, 6.07) is 7.15. The van der Waals surface area contributed by atoms with Crippen molar-refractivity contribution >= 4 is 23.5 Å². The molecule has 6 heteroatoms. The van der Waals surface area contributed by atoms with Gasteiger partial charge in [-0.25, -0.2) is 0 Å². The maximum atomic E-state index is 12.3. The highest BCUT2D eigenvalue weighted by molar-refractivity contribution is 6.01. The molecule has 0 aromatic heterocycles. The Morgan fingerprint density at radius 1 is 1.24 bits per heavy atom. The van der Waals surface area contributed by atoms with Gasteiger partial charge in [0.05, 0.1) is 11.8 Å². The molecule has 1 aliphatic carbocycles. The quantitative estimate of drug-likeness (QED) is 0.776. The summed E-state index contributed by atoms with van der Waals surface area (Å²) in [5.41, 5.74) is 1.48. The zero-order valence-corrected chi connectivity index (χ0v) is 11.3. The van der Waals surface area contributed by atoms with Gasteiger partial charge >= 0.3 is 5.97 Å². The van der Waals surface area contributed by atoms with Crippen molar-refractivity contribution < 1.29 is 19.5 Å². The molecule has 1 saturated carbocycles. The molecule has 3 N–H and O–H groups in total. The van der Waals surface area contributed by atoms with Gasteiger partial charge in [-0.1, -0.05) is 18.2 Å². The fraction of sp³-hybridized carbons (Fsp3) is 0.400. The molecule has 1 aromatic rings. The number of carbonyl (C=O) groups is 3. The molecule has 110 valence electrons. The molecular weight excluding hydrogens is 272 g/mol. The number of para-hydroxylation sites is 1. The van der Waals surface area contributed by atoms with Crippen LogP contribution < -0.4 is 10.6 Å². The smallest absolute Gasteiger partial charge is 0.306 e. The molecule has 0 bridgehead atoms. The van der Waals surface area contributed by atoms with Gasteiger partial charge in [-0.3, -0.25) is 14.4 Å². The third-order valence-electron chi connectivity index (χ3n) is 4.15. The second-order valence-corrected chi connectivity index (χ2v) is 5.60. The van der Waals surface area contributed by atoms with Gasteiger partial charge in [0.2, 0.25) is 11.8 Å². The minimum Gasteiger partial charge on any atom is -0.481 e. The SMILES string of the molecule is O=C1CC(C(=O)NC2CC(C(=O)O)C2)c2ccccc2N1. The topological polar surface area (TPSA) is 95.5 Å². The number of anilines is 1. The van der Waals surface area contributed by atoms with Gasteiger partial charge < -0.3 is 15.7 Å². The molecule has 2 amide bonds. The monoisotopic (exact) mass is 288 g/mol. The number of amides is 2. The first-order valence-electron chi connectivity index (χ1n) is 6.96. The Kier molecular flexibility index (Phi) is 3.37. The lowest BCUT2D eigenvalue weighted by atomic mass is 9.79. The van der Waals surface area contributed by atoms with E-state index in [1.54, 1.807) is 6.07 Å². The Bertz CT molecular complexity index is 607. The molecule has 21 heavy (non-hydrogen) atoms. The average Bonchev–Trinajstić information content (AvgIpc) is 2.40. The maximum absolute atomic E-state index is 12.3. The number of carboxylic acids is 1. The molecule has 2 aliphatic rings. The summed E-state index contributed by atoms with van der Waals surface area (Å²) < 4.78 is 0. The van der Waals surface area contributed by atoms with E-state index in [2.05, 4.69) is 10.6 Å². The Hall–Kier alpha value is -2.37. The zero-order chi connectivity index (χ0) is 15.0. The molecule has 0 radical (unpaired) electrons. The molecule has 6 nitrogen and oxygen atoms in total. The number of benzene rings is 1. The number of hydrogen-bond acceptors (Lipinski definition) is 3. The normalized spacial score (nSPS) is 27.0. The van der Waals surface area contributed by atoms with Crippen molar-refractivity contribution in [2.45, 2.75) is 31.2 Å². The van der Waals surface area contributed by atoms with E-state index >= 15 is 0 Å². The van der Waals surface area contributed by atoms with Gasteiger partial charge in [-0.15, -0.1) is 0 Å². The van der Waals surface area contributed by atoms with E-state index in [1.165, 1.54) is 0 Å². The van der Waals surface area contributed by atoms with E-state index < -0.39 is 11.9 Å². The number of fused-ring (bicyclic) bond motifs is 1. The second-order valence-electron chi connectivity index (χ2n) is 5.60. The molecule has 0 saturated heterocycles. The van der Waals surface area contributed by atoms with Gasteiger partial charge in [0, 0.05) is 18.2 Å². The van der Waals surface area contributed by atoms with Crippen molar-refractivity contribution in [3.05, 3.63) is 29.8 Å². The van der Waals surface area contributed by atoms with Crippen LogP contribution in [0.3, 0.4) is 0 Å². The van der Waals surface area contributed by atoms with E-state index in [0.29, 0.717) is 18.5 Å². The summed E-state index contributed by atoms with van der Waals surface area (Å²) in [6.07, 6.45) is 1.04. The first kappa shape index (κ1) is 13.6. The van der Waals surface area contributed by atoms with Crippen molar-refractivity contribution in [3.8, 4) is 0 Å². The van der Waals surface area contributed by atoms with Gasteiger partial charge in [0.15, 0.2) is 0 Å². The number of rotatable bonds is 3. The highest BCUT2D eigenvalue weighted by Crippen LogP contribution is 2.33. The Morgan fingerprint density at radius 2 is 1.95 bits per heavy atom. The first-order chi connectivity index (χ1) is 10.0. The van der Waals surface area contributed by atoms with E-state index in [9.17, 15) is 14.4 Å². The van der Waals surface area contributed by atoms with Crippen molar-refractivity contribution in [1.82, 2.24) is 5.32 Å². The number of carbonyl (C=O) groups excluding carboxylic acids is 2. The Labute approximate surface area is 121 Å². The fourth-order valence-corrected chi connectivity index (χ4v) is 2.88. The Morgan fingerprint density at radius 3 is 2.67 bits per heavy atom. The summed E-state index contributed by atoms with van der Waals surface area (Å²) in [5, 5.41) is 14.4. The van der Waals surface area contributed by atoms with Crippen molar-refractivity contribution in [3.63, 3.8) is 0 Å². The van der Waals surface area contributed by atoms with Gasteiger partial charge in [0.1, 0.15) is 0 Å². The van der Waals surface area contributed by atoms with Crippen LogP contribution >= 0.6 is 0 Å². The van der Waals surface area contributed by atoms with Crippen LogP contribution in [0.1, 0.15) is 30.7 Å². The van der Waals surface area contributed by atoms with E-state index in [4.69, 9.17) is 5.11 Å². The lowest BCUT2D eigenvalue weighted by Gasteiger charge is -2.34. The predicted octanol–water partition coefficient (Wildman–Crippen LogP) is 1.09. The zero-order valence-electron chi connectivity index (χ0n) is 11.3. The summed E-state index contributed by atoms with van der Waals surface area (Å²) in [6.45, 7) is 0. The van der Waals surface area contributed by atoms with Crippen LogP contribution in [0.2, 0.25) is 0 Å². The van der Waals surface area contributed by atoms with E-state index in [-0.39, 0.29) is 30.2 Å². The van der Waals surface area contributed by atoms with Crippen LogP contribution in [0.25, 0.3) is 0 Å². The van der Waals surface area contributed by atoms with Crippen molar-refractivity contribution in [2.75, 3.05) is 5.32 Å². The predicted molar refractivity (Wildman–Crippen MR) is 74.7 cm³/mol. The molecule has 1 aliphatic heterocycles. The van der Waals surface area contributed by atoms with E-state index in [0.717, 1.165) is 5.56 Å². The largest absolute Gasteiger partial charge is 0.481 e. The molecular formula is C15H16N2O4. The van der Waals surface area contributed by atoms with Crippen molar-refractivity contribution in [1.29, 1.82) is 0 Å². The van der Waals surface area contributed by atoms with Gasteiger partial charge in [-0.05, 0) is 24.5 Å². The average molecular weight is 288 g/mol. The number of hydrogen-bond donors (Lipinski definition) is 3. The van der Waals surface area contributed by atoms with Crippen LogP contribution in [0.5, 0.6) is 0 Å². The van der Waals surface area contributed by atoms with Crippen LogP contribution in [0.15, 0.2) is 24.3 Å². The van der Waals surface area contributed by atoms with Crippen LogP contribution in [0, 0.1) is 5.92 Å². The van der Waals surface area contributed by atoms with Crippen LogP contribution in [0.4, 0.5) is 5.69 Å². The standard InChI is InChI=1S/C15H16N2O4/c18-13-7-11(10-3-1-2-4-12(10)17-13)14(19)16-9-5-8(6-9)15(20)21/h1-4,8-9,11H,5-7H2,(H,16,19)(H,17,18)(H,20,21). The molecule has 1 unspecified atom stereocenters. The Balaban J connectivity index is 1.68. The summed E-state index contributed by atoms with van der Waals surface area (Å²) in [4.78, 5) is 34.8. The van der Waals surface area contributed by atoms with Crippen molar-refractivity contribution in [2.24, 2.45) is 5.92 Å². The minimum absolute atomic E-state index is 0.101. The summed E-state index contributed by atoms with van der Waals surface area (Å²) >= 11 is 0. The molecule has 1 fully saturated rings. The third-order valence-corrected chi connectivity index (χ3v) is 4.15. The van der Waals surface area contributed by atoms with Gasteiger partial charge in [-0.2, -0.15) is 0 Å². The van der Waals surface area contributed by atoms with E-state index in [1.807, 2.05) is 18.2 Å². The van der Waals surface area contributed by atoms with Crippen LogP contribution in [-0.4, -0.2) is 28.9 Å². The third kappa shape index (κ3) is 2.61. The maximum Gasteiger partial charge on any atom is 0.306 e. The number of carboxylic acid groups (broad SMARTS) is 1. The van der Waals surface area contributed by atoms with Crippen LogP contribution in [-0.2, 0) is 14.4 Å². The molecule has 3 rings (SSSR count). The highest BCUT2D eigenvalue weighted by atomic mass is 16.4. The van der Waals surface area contributed by atoms with Gasteiger partial charge in [0.25, 0.3) is 0 Å². The molecule has 1 heterocycles. The summed E-state index contributed by atoms with van der Waals surface area (Å²) in [5.74, 6) is -2.06. The molecule has 1 aromatic carbocycles. The molecule has 0 spiro atoms. The lowest BCUT2D eigenvalue weighted by Crippen LogP contribution is -2.48. The first-order valence-corrected chi connectivity index (χ1v) is 6.96. The fourth-order valence-electron chi connectivity index (χ4n) is 2.88. The number of aliphatic carboxylic acids is 1. The molecule has 1 atom stereocenters. The highest BCUT2D eigenvalue weighted by Gasteiger charge is 2.38. The lowest BCUT2D eigenvalue weighted by molar-refractivity contribution is -0.146. The second kappa shape index (κ2) is 5.20. The summed E-state index contributed by atoms with van der Waals surface area (Å²) in [7, 11) is 0. The number of nitrogens with one attached hydrogen (secondary N) is 2. The minimum atomic E-state index is -0.817.